The van der Waals surface area contributed by atoms with Crippen LogP contribution in [-0.2, 0) is 6.42 Å². The molecule has 5 nitrogen and oxygen atoms in total. The maximum atomic E-state index is 12.2. The first-order chi connectivity index (χ1) is 12.6. The third kappa shape index (κ3) is 4.66. The van der Waals surface area contributed by atoms with Gasteiger partial charge in [0, 0.05) is 12.2 Å². The molecule has 132 valence electrons. The molecule has 0 radical (unpaired) electrons. The van der Waals surface area contributed by atoms with Gasteiger partial charge in [0.05, 0.1) is 0 Å². The van der Waals surface area contributed by atoms with Crippen LogP contribution >= 0.6 is 0 Å². The quantitative estimate of drug-likeness (QED) is 0.712. The predicted octanol–water partition coefficient (Wildman–Crippen LogP) is 3.81. The van der Waals surface area contributed by atoms with Crippen LogP contribution in [0.3, 0.4) is 0 Å². The molecule has 2 aromatic carbocycles. The van der Waals surface area contributed by atoms with Gasteiger partial charge < -0.3 is 10.6 Å². The summed E-state index contributed by atoms with van der Waals surface area (Å²) in [6, 6.07) is 19.6. The maximum Gasteiger partial charge on any atom is 0.271 e. The van der Waals surface area contributed by atoms with Gasteiger partial charge in [-0.25, -0.2) is 0 Å². The third-order valence-corrected chi connectivity index (χ3v) is 4.08. The zero-order valence-corrected chi connectivity index (χ0v) is 15.0. The number of aryl methyl sites for hydroxylation is 2. The van der Waals surface area contributed by atoms with Crippen molar-refractivity contribution in [1.29, 1.82) is 0 Å². The summed E-state index contributed by atoms with van der Waals surface area (Å²) in [4.78, 5) is 12.2. The molecule has 0 aliphatic heterocycles. The van der Waals surface area contributed by atoms with E-state index in [-0.39, 0.29) is 5.91 Å². The second kappa shape index (κ2) is 8.25. The Morgan fingerprint density at radius 2 is 1.77 bits per heavy atom. The number of carbonyl (C=O) groups excluding carboxylic acids is 1. The van der Waals surface area contributed by atoms with Crippen LogP contribution in [-0.4, -0.2) is 22.6 Å². The molecular formula is C21H22N4O. The SMILES string of the molecule is Cc1ccc(Nc2ccc(C(=O)NCCc3ccccc3)nn2)c(C)c1. The third-order valence-electron chi connectivity index (χ3n) is 4.08. The number of hydrogen-bond acceptors (Lipinski definition) is 4. The highest BCUT2D eigenvalue weighted by Crippen LogP contribution is 2.19. The number of nitrogens with one attached hydrogen (secondary N) is 2. The molecule has 1 aromatic heterocycles. The van der Waals surface area contributed by atoms with E-state index < -0.39 is 0 Å². The zero-order valence-electron chi connectivity index (χ0n) is 15.0. The van der Waals surface area contributed by atoms with Crippen LogP contribution in [0.5, 0.6) is 0 Å². The van der Waals surface area contributed by atoms with Crippen molar-refractivity contribution in [1.82, 2.24) is 15.5 Å². The van der Waals surface area contributed by atoms with Crippen LogP contribution in [0.1, 0.15) is 27.2 Å². The van der Waals surface area contributed by atoms with Crippen LogP contribution in [0.25, 0.3) is 0 Å². The van der Waals surface area contributed by atoms with Crippen molar-refractivity contribution in [3.63, 3.8) is 0 Å². The van der Waals surface area contributed by atoms with Gasteiger partial charge in [-0.15, -0.1) is 10.2 Å². The molecule has 0 saturated carbocycles. The van der Waals surface area contributed by atoms with E-state index in [0.717, 1.165) is 17.7 Å². The van der Waals surface area contributed by atoms with Crippen molar-refractivity contribution in [3.8, 4) is 0 Å². The summed E-state index contributed by atoms with van der Waals surface area (Å²) in [5.74, 6) is 0.393. The first-order valence-electron chi connectivity index (χ1n) is 8.62. The van der Waals surface area contributed by atoms with Crippen molar-refractivity contribution in [2.24, 2.45) is 0 Å². The Morgan fingerprint density at radius 1 is 0.962 bits per heavy atom. The first kappa shape index (κ1) is 17.6. The van der Waals surface area contributed by atoms with Crippen LogP contribution < -0.4 is 10.6 Å². The summed E-state index contributed by atoms with van der Waals surface area (Å²) in [5, 5.41) is 14.2. The number of nitrogens with zero attached hydrogens (tertiary/aromatic N) is 2. The van der Waals surface area contributed by atoms with E-state index in [9.17, 15) is 4.79 Å². The van der Waals surface area contributed by atoms with E-state index in [2.05, 4.69) is 33.8 Å². The van der Waals surface area contributed by atoms with Crippen LogP contribution in [0.2, 0.25) is 0 Å². The van der Waals surface area contributed by atoms with E-state index in [1.165, 1.54) is 11.1 Å². The first-order valence-corrected chi connectivity index (χ1v) is 8.62. The minimum absolute atomic E-state index is 0.216. The van der Waals surface area contributed by atoms with Gasteiger partial charge in [-0.05, 0) is 49.6 Å². The Labute approximate surface area is 153 Å². The van der Waals surface area contributed by atoms with Gasteiger partial charge >= 0.3 is 0 Å². The van der Waals surface area contributed by atoms with Gasteiger partial charge in [-0.3, -0.25) is 4.79 Å². The lowest BCUT2D eigenvalue weighted by molar-refractivity contribution is 0.0948. The van der Waals surface area contributed by atoms with Crippen LogP contribution in [0.15, 0.2) is 60.7 Å². The number of rotatable bonds is 6. The van der Waals surface area contributed by atoms with E-state index in [1.54, 1.807) is 12.1 Å². The second-order valence-electron chi connectivity index (χ2n) is 6.24. The van der Waals surface area contributed by atoms with Gasteiger partial charge in [0.25, 0.3) is 5.91 Å². The lowest BCUT2D eigenvalue weighted by Crippen LogP contribution is -2.26. The Hall–Kier alpha value is -3.21. The topological polar surface area (TPSA) is 66.9 Å². The highest BCUT2D eigenvalue weighted by Gasteiger charge is 2.08. The van der Waals surface area contributed by atoms with E-state index >= 15 is 0 Å². The van der Waals surface area contributed by atoms with Crippen molar-refractivity contribution >= 4 is 17.4 Å². The number of benzene rings is 2. The second-order valence-corrected chi connectivity index (χ2v) is 6.24. The summed E-state index contributed by atoms with van der Waals surface area (Å²) >= 11 is 0. The molecule has 0 spiro atoms. The Kier molecular flexibility index (Phi) is 5.59. The van der Waals surface area contributed by atoms with E-state index in [1.807, 2.05) is 49.4 Å². The van der Waals surface area contributed by atoms with Gasteiger partial charge in [0.15, 0.2) is 11.5 Å². The Bertz CT molecular complexity index is 876. The van der Waals surface area contributed by atoms with Crippen molar-refractivity contribution in [3.05, 3.63) is 83.0 Å². The number of amides is 1. The summed E-state index contributed by atoms with van der Waals surface area (Å²) in [6.45, 7) is 4.66. The minimum atomic E-state index is -0.216. The molecule has 0 atom stereocenters. The average molecular weight is 346 g/mol. The number of carbonyl (C=O) groups is 1. The molecule has 3 rings (SSSR count). The van der Waals surface area contributed by atoms with Gasteiger partial charge in [0.2, 0.25) is 0 Å². The molecule has 0 fully saturated rings. The largest absolute Gasteiger partial charge is 0.350 e. The van der Waals surface area contributed by atoms with E-state index in [4.69, 9.17) is 0 Å². The molecule has 1 heterocycles. The lowest BCUT2D eigenvalue weighted by atomic mass is 10.1. The summed E-state index contributed by atoms with van der Waals surface area (Å²) < 4.78 is 0. The summed E-state index contributed by atoms with van der Waals surface area (Å²) in [5.41, 5.74) is 4.82. The molecule has 0 aliphatic carbocycles. The standard InChI is InChI=1S/C21H22N4O/c1-15-8-9-18(16(2)14-15)23-20-11-10-19(24-25-20)21(26)22-13-12-17-6-4-3-5-7-17/h3-11,14H,12-13H2,1-2H3,(H,22,26)(H,23,25). The van der Waals surface area contributed by atoms with Crippen molar-refractivity contribution < 1.29 is 4.79 Å². The molecular weight excluding hydrogens is 324 g/mol. The maximum absolute atomic E-state index is 12.2. The van der Waals surface area contributed by atoms with Crippen molar-refractivity contribution in [2.45, 2.75) is 20.3 Å². The summed E-state index contributed by atoms with van der Waals surface area (Å²) in [7, 11) is 0. The highest BCUT2D eigenvalue weighted by molar-refractivity contribution is 5.92. The fourth-order valence-corrected chi connectivity index (χ4v) is 2.67. The predicted molar refractivity (Wildman–Crippen MR) is 104 cm³/mol. The molecule has 0 bridgehead atoms. The summed E-state index contributed by atoms with van der Waals surface area (Å²) in [6.07, 6.45) is 0.784. The number of aromatic nitrogens is 2. The Balaban J connectivity index is 1.55. The monoisotopic (exact) mass is 346 g/mol. The number of hydrogen-bond donors (Lipinski definition) is 2. The fourth-order valence-electron chi connectivity index (χ4n) is 2.67. The normalized spacial score (nSPS) is 10.4. The molecule has 26 heavy (non-hydrogen) atoms. The fraction of sp³-hybridized carbons (Fsp3) is 0.190. The number of anilines is 2. The van der Waals surface area contributed by atoms with E-state index in [0.29, 0.717) is 18.1 Å². The molecule has 3 aromatic rings. The van der Waals surface area contributed by atoms with Crippen LogP contribution in [0.4, 0.5) is 11.5 Å². The minimum Gasteiger partial charge on any atom is -0.350 e. The van der Waals surface area contributed by atoms with Crippen LogP contribution in [0, 0.1) is 13.8 Å². The zero-order chi connectivity index (χ0) is 18.4. The molecule has 0 saturated heterocycles. The van der Waals surface area contributed by atoms with Gasteiger partial charge in [-0.1, -0.05) is 48.0 Å². The van der Waals surface area contributed by atoms with Gasteiger partial charge in [0.1, 0.15) is 0 Å². The average Bonchev–Trinajstić information content (AvgIpc) is 2.65. The Morgan fingerprint density at radius 3 is 2.46 bits per heavy atom. The lowest BCUT2D eigenvalue weighted by Gasteiger charge is -2.09. The smallest absolute Gasteiger partial charge is 0.271 e. The molecule has 1 amide bonds. The van der Waals surface area contributed by atoms with Gasteiger partial charge in [-0.2, -0.15) is 0 Å². The van der Waals surface area contributed by atoms with Crippen molar-refractivity contribution in [2.75, 3.05) is 11.9 Å². The molecule has 2 N–H and O–H groups in total. The molecule has 5 heteroatoms. The highest BCUT2D eigenvalue weighted by atomic mass is 16.1. The molecule has 0 aliphatic rings. The molecule has 0 unspecified atom stereocenters.